The predicted molar refractivity (Wildman–Crippen MR) is 71.3 cm³/mol. The Morgan fingerprint density at radius 2 is 1.95 bits per heavy atom. The van der Waals surface area contributed by atoms with Crippen LogP contribution in [0.3, 0.4) is 0 Å². The quantitative estimate of drug-likeness (QED) is 0.894. The zero-order valence-electron chi connectivity index (χ0n) is 10.6. The van der Waals surface area contributed by atoms with Crippen molar-refractivity contribution in [2.24, 2.45) is 0 Å². The van der Waals surface area contributed by atoms with Crippen molar-refractivity contribution in [3.05, 3.63) is 59.8 Å². The van der Waals surface area contributed by atoms with Crippen LogP contribution < -0.4 is 4.74 Å². The SMILES string of the molecule is COc1cccc(C(Cc2ccccc2)C(=O)O)n1. The van der Waals surface area contributed by atoms with Gasteiger partial charge in [0.25, 0.3) is 0 Å². The second-order valence-corrected chi connectivity index (χ2v) is 4.19. The molecule has 2 rings (SSSR count). The molecule has 0 radical (unpaired) electrons. The molecule has 1 aromatic carbocycles. The summed E-state index contributed by atoms with van der Waals surface area (Å²) in [6.07, 6.45) is 0.413. The molecule has 0 aliphatic carbocycles. The third kappa shape index (κ3) is 3.31. The van der Waals surface area contributed by atoms with Crippen molar-refractivity contribution in [2.45, 2.75) is 12.3 Å². The van der Waals surface area contributed by atoms with Crippen LogP contribution in [0.4, 0.5) is 0 Å². The van der Waals surface area contributed by atoms with Crippen LogP contribution in [0, 0.1) is 0 Å². The Morgan fingerprint density at radius 1 is 1.21 bits per heavy atom. The Balaban J connectivity index is 2.27. The van der Waals surface area contributed by atoms with E-state index in [0.29, 0.717) is 18.0 Å². The minimum absolute atomic E-state index is 0.413. The van der Waals surface area contributed by atoms with Crippen LogP contribution in [-0.2, 0) is 11.2 Å². The molecule has 2 aromatic rings. The topological polar surface area (TPSA) is 59.4 Å². The van der Waals surface area contributed by atoms with E-state index in [9.17, 15) is 9.90 Å². The predicted octanol–water partition coefficient (Wildman–Crippen LogP) is 2.50. The number of hydrogen-bond donors (Lipinski definition) is 1. The molecule has 0 aliphatic rings. The Hall–Kier alpha value is -2.36. The summed E-state index contributed by atoms with van der Waals surface area (Å²) in [6, 6.07) is 14.7. The first kappa shape index (κ1) is 13.1. The Bertz CT molecular complexity index is 554. The highest BCUT2D eigenvalue weighted by atomic mass is 16.5. The van der Waals surface area contributed by atoms with Gasteiger partial charge in [-0.3, -0.25) is 4.79 Å². The van der Waals surface area contributed by atoms with E-state index in [4.69, 9.17) is 4.74 Å². The first-order valence-electron chi connectivity index (χ1n) is 5.98. The van der Waals surface area contributed by atoms with Crippen LogP contribution in [0.5, 0.6) is 5.88 Å². The van der Waals surface area contributed by atoms with Crippen LogP contribution in [0.25, 0.3) is 0 Å². The standard InChI is InChI=1S/C15H15NO3/c1-19-14-9-5-8-13(16-14)12(15(17)18)10-11-6-3-2-4-7-11/h2-9,12H,10H2,1H3,(H,17,18). The normalized spacial score (nSPS) is 11.8. The maximum absolute atomic E-state index is 11.4. The number of benzene rings is 1. The van der Waals surface area contributed by atoms with Crippen molar-refractivity contribution in [3.63, 3.8) is 0 Å². The molecular formula is C15H15NO3. The molecule has 0 saturated carbocycles. The molecule has 1 unspecified atom stereocenters. The molecule has 98 valence electrons. The van der Waals surface area contributed by atoms with Crippen molar-refractivity contribution in [2.75, 3.05) is 7.11 Å². The molecule has 0 spiro atoms. The number of hydrogen-bond acceptors (Lipinski definition) is 3. The van der Waals surface area contributed by atoms with Crippen LogP contribution >= 0.6 is 0 Å². The number of carboxylic acids is 1. The van der Waals surface area contributed by atoms with E-state index in [0.717, 1.165) is 5.56 Å². The molecule has 0 saturated heterocycles. The minimum Gasteiger partial charge on any atom is -0.481 e. The second kappa shape index (κ2) is 6.00. The first-order valence-corrected chi connectivity index (χ1v) is 5.98. The highest BCUT2D eigenvalue weighted by Crippen LogP contribution is 2.21. The minimum atomic E-state index is -0.885. The van der Waals surface area contributed by atoms with E-state index < -0.39 is 11.9 Å². The van der Waals surface area contributed by atoms with Gasteiger partial charge in [-0.15, -0.1) is 0 Å². The molecule has 4 heteroatoms. The fraction of sp³-hybridized carbons (Fsp3) is 0.200. The number of aromatic nitrogens is 1. The van der Waals surface area contributed by atoms with Crippen molar-refractivity contribution in [3.8, 4) is 5.88 Å². The summed E-state index contributed by atoms with van der Waals surface area (Å²) in [4.78, 5) is 15.6. The van der Waals surface area contributed by atoms with Gasteiger partial charge in [0.1, 0.15) is 5.92 Å². The van der Waals surface area contributed by atoms with Gasteiger partial charge in [0, 0.05) is 6.07 Å². The lowest BCUT2D eigenvalue weighted by Crippen LogP contribution is -2.16. The fourth-order valence-corrected chi connectivity index (χ4v) is 1.91. The van der Waals surface area contributed by atoms with Gasteiger partial charge in [-0.2, -0.15) is 0 Å². The molecular weight excluding hydrogens is 242 g/mol. The van der Waals surface area contributed by atoms with Crippen LogP contribution in [-0.4, -0.2) is 23.2 Å². The summed E-state index contributed by atoms with van der Waals surface area (Å²) >= 11 is 0. The number of nitrogens with zero attached hydrogens (tertiary/aromatic N) is 1. The maximum Gasteiger partial charge on any atom is 0.312 e. The Kier molecular flexibility index (Phi) is 4.13. The van der Waals surface area contributed by atoms with Crippen molar-refractivity contribution in [1.29, 1.82) is 0 Å². The van der Waals surface area contributed by atoms with Gasteiger partial charge in [0.15, 0.2) is 0 Å². The zero-order chi connectivity index (χ0) is 13.7. The number of pyridine rings is 1. The van der Waals surface area contributed by atoms with Crippen molar-refractivity contribution in [1.82, 2.24) is 4.98 Å². The average molecular weight is 257 g/mol. The summed E-state index contributed by atoms with van der Waals surface area (Å²) in [5, 5.41) is 9.37. The van der Waals surface area contributed by atoms with Crippen LogP contribution in [0.15, 0.2) is 48.5 Å². The number of rotatable bonds is 5. The second-order valence-electron chi connectivity index (χ2n) is 4.19. The molecule has 1 aromatic heterocycles. The highest BCUT2D eigenvalue weighted by Gasteiger charge is 2.22. The van der Waals surface area contributed by atoms with E-state index in [2.05, 4.69) is 4.98 Å². The summed E-state index contributed by atoms with van der Waals surface area (Å²) in [7, 11) is 1.51. The Labute approximate surface area is 111 Å². The third-order valence-electron chi connectivity index (χ3n) is 2.89. The molecule has 1 atom stereocenters. The van der Waals surface area contributed by atoms with E-state index >= 15 is 0 Å². The molecule has 0 aliphatic heterocycles. The average Bonchev–Trinajstić information content (AvgIpc) is 2.45. The largest absolute Gasteiger partial charge is 0.481 e. The van der Waals surface area contributed by atoms with Gasteiger partial charge in [0.05, 0.1) is 12.8 Å². The molecule has 0 bridgehead atoms. The molecule has 1 N–H and O–H groups in total. The molecule has 0 fully saturated rings. The lowest BCUT2D eigenvalue weighted by molar-refractivity contribution is -0.138. The maximum atomic E-state index is 11.4. The number of aliphatic carboxylic acids is 1. The van der Waals surface area contributed by atoms with Crippen LogP contribution in [0.2, 0.25) is 0 Å². The molecule has 19 heavy (non-hydrogen) atoms. The smallest absolute Gasteiger partial charge is 0.312 e. The van der Waals surface area contributed by atoms with Crippen molar-refractivity contribution < 1.29 is 14.6 Å². The summed E-state index contributed by atoms with van der Waals surface area (Å²) in [5.74, 6) is -1.13. The van der Waals surface area contributed by atoms with E-state index in [1.165, 1.54) is 7.11 Å². The van der Waals surface area contributed by atoms with Gasteiger partial charge in [-0.1, -0.05) is 36.4 Å². The number of methoxy groups -OCH3 is 1. The summed E-state index contributed by atoms with van der Waals surface area (Å²) in [5.41, 5.74) is 1.48. The number of carboxylic acid groups (broad SMARTS) is 1. The molecule has 4 nitrogen and oxygen atoms in total. The number of carbonyl (C=O) groups is 1. The summed E-state index contributed by atoms with van der Waals surface area (Å²) in [6.45, 7) is 0. The van der Waals surface area contributed by atoms with Gasteiger partial charge >= 0.3 is 5.97 Å². The highest BCUT2D eigenvalue weighted by molar-refractivity contribution is 5.75. The van der Waals surface area contributed by atoms with Gasteiger partial charge in [-0.05, 0) is 18.1 Å². The fourth-order valence-electron chi connectivity index (χ4n) is 1.91. The van der Waals surface area contributed by atoms with E-state index in [1.54, 1.807) is 18.2 Å². The molecule has 1 heterocycles. The first-order chi connectivity index (χ1) is 9.20. The van der Waals surface area contributed by atoms with Gasteiger partial charge < -0.3 is 9.84 Å². The molecule has 0 amide bonds. The van der Waals surface area contributed by atoms with Gasteiger partial charge in [-0.25, -0.2) is 4.98 Å². The van der Waals surface area contributed by atoms with Crippen LogP contribution in [0.1, 0.15) is 17.2 Å². The van der Waals surface area contributed by atoms with Crippen molar-refractivity contribution >= 4 is 5.97 Å². The van der Waals surface area contributed by atoms with E-state index in [-0.39, 0.29) is 0 Å². The van der Waals surface area contributed by atoms with E-state index in [1.807, 2.05) is 30.3 Å². The Morgan fingerprint density at radius 3 is 2.58 bits per heavy atom. The lowest BCUT2D eigenvalue weighted by Gasteiger charge is -2.12. The summed E-state index contributed by atoms with van der Waals surface area (Å²) < 4.78 is 5.03. The lowest BCUT2D eigenvalue weighted by atomic mass is 9.96. The number of ether oxygens (including phenoxy) is 1. The van der Waals surface area contributed by atoms with Gasteiger partial charge in [0.2, 0.25) is 5.88 Å². The monoisotopic (exact) mass is 257 g/mol. The third-order valence-corrected chi connectivity index (χ3v) is 2.89. The zero-order valence-corrected chi connectivity index (χ0v) is 10.6.